The fourth-order valence-electron chi connectivity index (χ4n) is 2.52. The molecule has 0 spiro atoms. The number of rotatable bonds is 2. The molecule has 1 heterocycles. The summed E-state index contributed by atoms with van der Waals surface area (Å²) in [5.74, 6) is 0.179. The minimum absolute atomic E-state index is 0.179. The molecule has 4 nitrogen and oxygen atoms in total. The van der Waals surface area contributed by atoms with Crippen molar-refractivity contribution in [2.24, 2.45) is 5.92 Å². The van der Waals surface area contributed by atoms with Gasteiger partial charge < -0.3 is 5.11 Å². The molecule has 2 atom stereocenters. The van der Waals surface area contributed by atoms with Crippen LogP contribution in [0.4, 0.5) is 0 Å². The Balaban J connectivity index is 1.83. The molecular formula is C13H14N2O2. The first-order valence-electron chi connectivity index (χ1n) is 5.79. The number of hydrogen-bond acceptors (Lipinski definition) is 4. The first-order chi connectivity index (χ1) is 8.25. The first kappa shape index (κ1) is 10.5. The van der Waals surface area contributed by atoms with Crippen LogP contribution in [0.2, 0.25) is 0 Å². The molecule has 1 aliphatic carbocycles. The topological polar surface area (TPSA) is 59.2 Å². The predicted molar refractivity (Wildman–Crippen MR) is 61.3 cm³/mol. The van der Waals surface area contributed by atoms with Crippen molar-refractivity contribution >= 4 is 0 Å². The predicted octanol–water partition coefficient (Wildman–Crippen LogP) is 1.83. The van der Waals surface area contributed by atoms with Crippen molar-refractivity contribution in [3.8, 4) is 0 Å². The van der Waals surface area contributed by atoms with Crippen LogP contribution in [0.1, 0.15) is 28.6 Å². The number of fused-ring (bicyclic) bond motifs is 1. The van der Waals surface area contributed by atoms with Crippen molar-refractivity contribution < 1.29 is 9.74 Å². The van der Waals surface area contributed by atoms with E-state index in [2.05, 4.69) is 21.0 Å². The van der Waals surface area contributed by atoms with E-state index in [1.54, 1.807) is 0 Å². The van der Waals surface area contributed by atoms with E-state index in [1.807, 2.05) is 25.1 Å². The second-order valence-electron chi connectivity index (χ2n) is 4.61. The summed E-state index contributed by atoms with van der Waals surface area (Å²) in [6, 6.07) is 8.05. The van der Waals surface area contributed by atoms with E-state index in [-0.39, 0.29) is 5.92 Å². The summed E-state index contributed by atoms with van der Waals surface area (Å²) in [5.41, 5.74) is 3.95. The quantitative estimate of drug-likeness (QED) is 0.855. The monoisotopic (exact) mass is 230 g/mol. The molecule has 17 heavy (non-hydrogen) atoms. The molecule has 3 rings (SSSR count). The lowest BCUT2D eigenvalue weighted by atomic mass is 9.97. The highest BCUT2D eigenvalue weighted by molar-refractivity contribution is 5.35. The fourth-order valence-corrected chi connectivity index (χ4v) is 2.52. The average molecular weight is 230 g/mol. The van der Waals surface area contributed by atoms with Crippen LogP contribution in [0.5, 0.6) is 0 Å². The maximum atomic E-state index is 10.3. The zero-order chi connectivity index (χ0) is 11.8. The molecule has 1 aromatic carbocycles. The third kappa shape index (κ3) is 1.74. The molecule has 0 saturated carbocycles. The number of aromatic nitrogens is 2. The van der Waals surface area contributed by atoms with Gasteiger partial charge in [-0.05, 0) is 30.4 Å². The van der Waals surface area contributed by atoms with Gasteiger partial charge in [0, 0.05) is 6.42 Å². The zero-order valence-electron chi connectivity index (χ0n) is 9.63. The molecule has 88 valence electrons. The molecule has 2 unspecified atom stereocenters. The molecule has 1 aromatic heterocycles. The Morgan fingerprint density at radius 3 is 2.88 bits per heavy atom. The lowest BCUT2D eigenvalue weighted by molar-refractivity contribution is 0.122. The molecular weight excluding hydrogens is 216 g/mol. The summed E-state index contributed by atoms with van der Waals surface area (Å²) in [5, 5.41) is 17.9. The maximum absolute atomic E-state index is 10.3. The third-order valence-electron chi connectivity index (χ3n) is 3.50. The van der Waals surface area contributed by atoms with E-state index in [0.29, 0.717) is 6.42 Å². The summed E-state index contributed by atoms with van der Waals surface area (Å²) in [6.07, 6.45) is 1.21. The van der Waals surface area contributed by atoms with E-state index in [1.165, 1.54) is 5.56 Å². The second-order valence-corrected chi connectivity index (χ2v) is 4.61. The zero-order valence-corrected chi connectivity index (χ0v) is 9.63. The van der Waals surface area contributed by atoms with Gasteiger partial charge in [0.1, 0.15) is 11.4 Å². The highest BCUT2D eigenvalue weighted by Gasteiger charge is 2.31. The number of nitrogens with zero attached hydrogens (tertiary/aromatic N) is 2. The fraction of sp³-hybridized carbons (Fsp3) is 0.385. The summed E-state index contributed by atoms with van der Waals surface area (Å²) >= 11 is 0. The van der Waals surface area contributed by atoms with Crippen LogP contribution < -0.4 is 0 Å². The molecule has 2 aromatic rings. The van der Waals surface area contributed by atoms with E-state index < -0.39 is 6.10 Å². The molecule has 0 bridgehead atoms. The van der Waals surface area contributed by atoms with Crippen LogP contribution in [0.15, 0.2) is 28.9 Å². The van der Waals surface area contributed by atoms with Gasteiger partial charge in [0.25, 0.3) is 0 Å². The molecule has 0 fully saturated rings. The maximum Gasteiger partial charge on any atom is 0.108 e. The van der Waals surface area contributed by atoms with Gasteiger partial charge in [0.2, 0.25) is 0 Å². The first-order valence-corrected chi connectivity index (χ1v) is 5.79. The van der Waals surface area contributed by atoms with Gasteiger partial charge in [0.05, 0.1) is 6.10 Å². The van der Waals surface area contributed by atoms with Crippen molar-refractivity contribution in [1.29, 1.82) is 0 Å². The number of aryl methyl sites for hydroxylation is 1. The summed E-state index contributed by atoms with van der Waals surface area (Å²) in [4.78, 5) is 0. The van der Waals surface area contributed by atoms with Crippen LogP contribution in [0.25, 0.3) is 0 Å². The number of benzene rings is 1. The van der Waals surface area contributed by atoms with Crippen LogP contribution in [0, 0.1) is 12.8 Å². The Kier molecular flexibility index (Phi) is 2.44. The van der Waals surface area contributed by atoms with Crippen molar-refractivity contribution in [2.45, 2.75) is 25.9 Å². The van der Waals surface area contributed by atoms with Gasteiger partial charge >= 0.3 is 0 Å². The normalized spacial score (nSPS) is 22.7. The van der Waals surface area contributed by atoms with Crippen LogP contribution in [-0.4, -0.2) is 15.4 Å². The third-order valence-corrected chi connectivity index (χ3v) is 3.50. The van der Waals surface area contributed by atoms with Gasteiger partial charge in [-0.3, -0.25) is 0 Å². The Labute approximate surface area is 99.2 Å². The van der Waals surface area contributed by atoms with Gasteiger partial charge in [0.15, 0.2) is 0 Å². The Hall–Kier alpha value is -1.68. The number of aliphatic hydroxyl groups excluding tert-OH is 1. The molecule has 0 aliphatic heterocycles. The highest BCUT2D eigenvalue weighted by atomic mass is 16.6. The number of aliphatic hydroxyl groups is 1. The largest absolute Gasteiger partial charge is 0.388 e. The Morgan fingerprint density at radius 2 is 2.18 bits per heavy atom. The van der Waals surface area contributed by atoms with E-state index >= 15 is 0 Å². The van der Waals surface area contributed by atoms with Gasteiger partial charge in [-0.2, -0.15) is 0 Å². The van der Waals surface area contributed by atoms with Crippen molar-refractivity contribution in [2.75, 3.05) is 0 Å². The van der Waals surface area contributed by atoms with Gasteiger partial charge in [-0.25, -0.2) is 4.63 Å². The smallest absolute Gasteiger partial charge is 0.108 e. The Bertz CT molecular complexity index is 536. The summed E-state index contributed by atoms with van der Waals surface area (Å²) in [6.45, 7) is 1.88. The molecule has 1 N–H and O–H groups in total. The molecule has 1 aliphatic rings. The van der Waals surface area contributed by atoms with Crippen LogP contribution in [0.3, 0.4) is 0 Å². The SMILES string of the molecule is Cc1nonc1CC1Cc2ccccc2C1O. The van der Waals surface area contributed by atoms with Crippen molar-refractivity contribution in [1.82, 2.24) is 10.3 Å². The second kappa shape index (κ2) is 3.96. The minimum Gasteiger partial charge on any atom is -0.388 e. The minimum atomic E-state index is -0.401. The molecule has 0 saturated heterocycles. The van der Waals surface area contributed by atoms with Gasteiger partial charge in [-0.1, -0.05) is 34.6 Å². The van der Waals surface area contributed by atoms with Gasteiger partial charge in [-0.15, -0.1) is 0 Å². The van der Waals surface area contributed by atoms with Crippen molar-refractivity contribution in [3.63, 3.8) is 0 Å². The van der Waals surface area contributed by atoms with E-state index in [9.17, 15) is 5.11 Å². The number of hydrogen-bond donors (Lipinski definition) is 1. The van der Waals surface area contributed by atoms with Crippen LogP contribution in [-0.2, 0) is 12.8 Å². The Morgan fingerprint density at radius 1 is 1.35 bits per heavy atom. The lowest BCUT2D eigenvalue weighted by Gasteiger charge is -2.13. The average Bonchev–Trinajstić information content (AvgIpc) is 2.87. The van der Waals surface area contributed by atoms with Crippen molar-refractivity contribution in [3.05, 3.63) is 46.8 Å². The van der Waals surface area contributed by atoms with Crippen LogP contribution >= 0.6 is 0 Å². The lowest BCUT2D eigenvalue weighted by Crippen LogP contribution is -2.11. The molecule has 4 heteroatoms. The molecule has 0 radical (unpaired) electrons. The summed E-state index contributed by atoms with van der Waals surface area (Å²) in [7, 11) is 0. The van der Waals surface area contributed by atoms with E-state index in [4.69, 9.17) is 0 Å². The molecule has 0 amide bonds. The van der Waals surface area contributed by atoms with E-state index in [0.717, 1.165) is 23.4 Å². The summed E-state index contributed by atoms with van der Waals surface area (Å²) < 4.78 is 4.69. The highest BCUT2D eigenvalue weighted by Crippen LogP contribution is 2.37. The standard InChI is InChI=1S/C13H14N2O2/c1-8-12(15-17-14-8)7-10-6-9-4-2-3-5-11(9)13(10)16/h2-5,10,13,16H,6-7H2,1H3.